The van der Waals surface area contributed by atoms with E-state index < -0.39 is 0 Å². The molecule has 0 saturated carbocycles. The van der Waals surface area contributed by atoms with Crippen LogP contribution in [0.15, 0.2) is 30.3 Å². The summed E-state index contributed by atoms with van der Waals surface area (Å²) in [4.78, 5) is 0. The lowest BCUT2D eigenvalue weighted by molar-refractivity contribution is 0.184. The number of halogens is 1. The van der Waals surface area contributed by atoms with Crippen LogP contribution in [0.1, 0.15) is 5.69 Å². The van der Waals surface area contributed by atoms with Crippen molar-refractivity contribution in [3.8, 4) is 17.7 Å². The highest BCUT2D eigenvalue weighted by molar-refractivity contribution is 5.56. The molecule has 0 radical (unpaired) electrons. The maximum Gasteiger partial charge on any atom is 0.224 e. The second-order valence-corrected chi connectivity index (χ2v) is 4.10. The van der Waals surface area contributed by atoms with Gasteiger partial charge in [0, 0.05) is 13.2 Å². The van der Waals surface area contributed by atoms with Gasteiger partial charge in [-0.05, 0) is 24.3 Å². The zero-order valence-corrected chi connectivity index (χ0v) is 11.0. The van der Waals surface area contributed by atoms with Crippen LogP contribution in [-0.4, -0.2) is 18.3 Å². The van der Waals surface area contributed by atoms with Gasteiger partial charge in [-0.3, -0.25) is 4.57 Å². The van der Waals surface area contributed by atoms with Crippen molar-refractivity contribution in [3.63, 3.8) is 0 Å². The number of nitrogens with zero attached hydrogens (tertiary/aromatic N) is 2. The molecule has 1 heterocycles. The van der Waals surface area contributed by atoms with Gasteiger partial charge in [0.25, 0.3) is 0 Å². The number of hydrogen-bond acceptors (Lipinski definition) is 4. The van der Waals surface area contributed by atoms with Crippen molar-refractivity contribution in [3.05, 3.63) is 41.8 Å². The van der Waals surface area contributed by atoms with Crippen LogP contribution in [0.25, 0.3) is 0 Å². The van der Waals surface area contributed by atoms with Crippen molar-refractivity contribution >= 4 is 5.69 Å². The van der Waals surface area contributed by atoms with Crippen molar-refractivity contribution in [2.24, 2.45) is 0 Å². The first-order valence-electron chi connectivity index (χ1n) is 5.97. The maximum atomic E-state index is 12.9. The Kier molecular flexibility index (Phi) is 4.23. The number of rotatable bonds is 5. The van der Waals surface area contributed by atoms with Crippen LogP contribution in [0.2, 0.25) is 0 Å². The quantitative estimate of drug-likeness (QED) is 0.910. The molecule has 0 aliphatic carbocycles. The van der Waals surface area contributed by atoms with Crippen LogP contribution in [0.3, 0.4) is 0 Å². The van der Waals surface area contributed by atoms with Crippen molar-refractivity contribution in [2.75, 3.05) is 19.5 Å². The van der Waals surface area contributed by atoms with Crippen LogP contribution in [0, 0.1) is 17.1 Å². The molecular weight excluding hydrogens is 261 g/mol. The Labute approximate surface area is 115 Å². The Morgan fingerprint density at radius 3 is 2.65 bits per heavy atom. The first-order chi connectivity index (χ1) is 9.65. The molecule has 2 aromatic rings. The summed E-state index contributed by atoms with van der Waals surface area (Å²) in [5.74, 6) is 0.447. The number of nitrogens with two attached hydrogens (primary N) is 1. The normalized spacial score (nSPS) is 10.2. The summed E-state index contributed by atoms with van der Waals surface area (Å²) in [7, 11) is 1.57. The van der Waals surface area contributed by atoms with Crippen molar-refractivity contribution in [1.82, 2.24) is 4.57 Å². The van der Waals surface area contributed by atoms with Crippen LogP contribution >= 0.6 is 0 Å². The van der Waals surface area contributed by atoms with Gasteiger partial charge >= 0.3 is 0 Å². The van der Waals surface area contributed by atoms with Gasteiger partial charge < -0.3 is 15.2 Å². The third-order valence-electron chi connectivity index (χ3n) is 2.74. The Bertz CT molecular complexity index is 629. The van der Waals surface area contributed by atoms with E-state index in [2.05, 4.69) is 0 Å². The average molecular weight is 275 g/mol. The van der Waals surface area contributed by atoms with Gasteiger partial charge in [-0.15, -0.1) is 0 Å². The van der Waals surface area contributed by atoms with Crippen molar-refractivity contribution in [1.29, 1.82) is 5.26 Å². The van der Waals surface area contributed by atoms with Gasteiger partial charge in [-0.2, -0.15) is 5.26 Å². The zero-order valence-electron chi connectivity index (χ0n) is 11.0. The third-order valence-corrected chi connectivity index (χ3v) is 2.74. The first kappa shape index (κ1) is 13.9. The monoisotopic (exact) mass is 275 g/mol. The van der Waals surface area contributed by atoms with Crippen LogP contribution in [-0.2, 0) is 11.3 Å². The third kappa shape index (κ3) is 2.90. The molecule has 1 aromatic carbocycles. The number of ether oxygens (including phenoxy) is 2. The smallest absolute Gasteiger partial charge is 0.224 e. The minimum atomic E-state index is -0.349. The fourth-order valence-corrected chi connectivity index (χ4v) is 1.78. The van der Waals surface area contributed by atoms with Gasteiger partial charge in [0.2, 0.25) is 5.88 Å². The lowest BCUT2D eigenvalue weighted by atomic mass is 10.3. The standard InChI is InChI=1S/C14H14FN3O2/c1-19-7-6-18-11(9-16)8-13(17)14(18)20-12-4-2-10(15)3-5-12/h2-5,8H,6-7,17H2,1H3. The van der Waals surface area contributed by atoms with Crippen molar-refractivity contribution < 1.29 is 13.9 Å². The molecule has 2 rings (SSSR count). The SMILES string of the molecule is COCCn1c(C#N)cc(N)c1Oc1ccc(F)cc1. The highest BCUT2D eigenvalue weighted by atomic mass is 19.1. The molecule has 104 valence electrons. The minimum Gasteiger partial charge on any atom is -0.439 e. The molecule has 0 fully saturated rings. The Morgan fingerprint density at radius 1 is 1.35 bits per heavy atom. The van der Waals surface area contributed by atoms with E-state index in [4.69, 9.17) is 20.5 Å². The Morgan fingerprint density at radius 2 is 2.05 bits per heavy atom. The molecule has 5 nitrogen and oxygen atoms in total. The number of nitriles is 1. The minimum absolute atomic E-state index is 0.349. The second-order valence-electron chi connectivity index (χ2n) is 4.10. The second kappa shape index (κ2) is 6.08. The number of aromatic nitrogens is 1. The molecule has 0 bridgehead atoms. The van der Waals surface area contributed by atoms with E-state index in [1.807, 2.05) is 6.07 Å². The lowest BCUT2D eigenvalue weighted by Gasteiger charge is -2.11. The summed E-state index contributed by atoms with van der Waals surface area (Å²) in [6, 6.07) is 9.15. The Balaban J connectivity index is 2.32. The summed E-state index contributed by atoms with van der Waals surface area (Å²) in [5.41, 5.74) is 6.59. The molecule has 0 atom stereocenters. The molecular formula is C14H14FN3O2. The predicted molar refractivity (Wildman–Crippen MR) is 71.9 cm³/mol. The lowest BCUT2D eigenvalue weighted by Crippen LogP contribution is -2.08. The Hall–Kier alpha value is -2.52. The number of methoxy groups -OCH3 is 1. The molecule has 0 spiro atoms. The van der Waals surface area contributed by atoms with E-state index in [0.717, 1.165) is 0 Å². The van der Waals surface area contributed by atoms with E-state index >= 15 is 0 Å². The van der Waals surface area contributed by atoms with Gasteiger partial charge in [0.05, 0.1) is 18.8 Å². The van der Waals surface area contributed by atoms with E-state index in [-0.39, 0.29) is 5.82 Å². The molecule has 0 saturated heterocycles. The summed E-state index contributed by atoms with van der Waals surface area (Å²) >= 11 is 0. The highest BCUT2D eigenvalue weighted by Crippen LogP contribution is 2.31. The van der Waals surface area contributed by atoms with Crippen LogP contribution < -0.4 is 10.5 Å². The zero-order chi connectivity index (χ0) is 14.5. The summed E-state index contributed by atoms with van der Waals surface area (Å²) in [6.07, 6.45) is 0. The first-order valence-corrected chi connectivity index (χ1v) is 5.97. The average Bonchev–Trinajstić information content (AvgIpc) is 2.75. The van der Waals surface area contributed by atoms with E-state index in [1.54, 1.807) is 11.7 Å². The molecule has 0 aliphatic heterocycles. The highest BCUT2D eigenvalue weighted by Gasteiger charge is 2.15. The number of benzene rings is 1. The van der Waals surface area contributed by atoms with E-state index in [0.29, 0.717) is 36.2 Å². The topological polar surface area (TPSA) is 73.2 Å². The fraction of sp³-hybridized carbons (Fsp3) is 0.214. The largest absolute Gasteiger partial charge is 0.439 e. The van der Waals surface area contributed by atoms with Crippen molar-refractivity contribution in [2.45, 2.75) is 6.54 Å². The molecule has 2 N–H and O–H groups in total. The van der Waals surface area contributed by atoms with Crippen LogP contribution in [0.5, 0.6) is 11.6 Å². The molecule has 0 amide bonds. The van der Waals surface area contributed by atoms with E-state index in [9.17, 15) is 4.39 Å². The molecule has 0 unspecified atom stereocenters. The molecule has 20 heavy (non-hydrogen) atoms. The van der Waals surface area contributed by atoms with Gasteiger partial charge in [-0.25, -0.2) is 4.39 Å². The van der Waals surface area contributed by atoms with Gasteiger partial charge in [0.15, 0.2) is 0 Å². The number of nitrogen functional groups attached to an aromatic ring is 1. The summed E-state index contributed by atoms with van der Waals surface area (Å²) < 4.78 is 25.1. The fourth-order valence-electron chi connectivity index (χ4n) is 1.78. The van der Waals surface area contributed by atoms with E-state index in [1.165, 1.54) is 30.3 Å². The molecule has 1 aromatic heterocycles. The molecule has 6 heteroatoms. The van der Waals surface area contributed by atoms with Gasteiger partial charge in [0.1, 0.15) is 23.3 Å². The number of anilines is 1. The maximum absolute atomic E-state index is 12.9. The van der Waals surface area contributed by atoms with Crippen LogP contribution in [0.4, 0.5) is 10.1 Å². The number of hydrogen-bond donors (Lipinski definition) is 1. The van der Waals surface area contributed by atoms with Gasteiger partial charge in [-0.1, -0.05) is 0 Å². The molecule has 0 aliphatic rings. The summed E-state index contributed by atoms with van der Waals surface area (Å²) in [6.45, 7) is 0.857. The summed E-state index contributed by atoms with van der Waals surface area (Å²) in [5, 5.41) is 9.09. The predicted octanol–water partition coefficient (Wildman–Crippen LogP) is 2.52.